The van der Waals surface area contributed by atoms with Crippen LogP contribution in [0.2, 0.25) is 0 Å². The van der Waals surface area contributed by atoms with Gasteiger partial charge in [0.15, 0.2) is 0 Å². The van der Waals surface area contributed by atoms with E-state index in [2.05, 4.69) is 52.3 Å². The number of sulfonamides is 1. The number of rotatable bonds is 6. The van der Waals surface area contributed by atoms with Crippen LogP contribution in [0.15, 0.2) is 65.6 Å². The summed E-state index contributed by atoms with van der Waals surface area (Å²) in [5, 5.41) is 13.7. The first-order valence-corrected chi connectivity index (χ1v) is 13.4. The zero-order valence-corrected chi connectivity index (χ0v) is 20.9. The Balaban J connectivity index is 1.21. The van der Waals surface area contributed by atoms with Gasteiger partial charge in [-0.1, -0.05) is 36.4 Å². The number of hydrogen-bond acceptors (Lipinski definition) is 6. The Bertz CT molecular complexity index is 1380. The highest BCUT2D eigenvalue weighted by Crippen LogP contribution is 2.44. The minimum atomic E-state index is -3.78. The molecule has 0 N–H and O–H groups in total. The molecule has 2 aliphatic heterocycles. The molecule has 2 heterocycles. The van der Waals surface area contributed by atoms with Crippen LogP contribution in [0.25, 0.3) is 10.8 Å². The van der Waals surface area contributed by atoms with E-state index in [1.54, 1.807) is 6.07 Å². The summed E-state index contributed by atoms with van der Waals surface area (Å²) in [6.45, 7) is 8.62. The van der Waals surface area contributed by atoms with Crippen LogP contribution in [0, 0.1) is 10.1 Å². The summed E-state index contributed by atoms with van der Waals surface area (Å²) in [5.41, 5.74) is 0.941. The summed E-state index contributed by atoms with van der Waals surface area (Å²) in [5.74, 6) is 0. The van der Waals surface area contributed by atoms with Gasteiger partial charge in [-0.05, 0) is 49.9 Å². The van der Waals surface area contributed by atoms with E-state index in [1.165, 1.54) is 32.9 Å². The van der Waals surface area contributed by atoms with Crippen LogP contribution in [-0.4, -0.2) is 61.8 Å². The molecule has 1 saturated heterocycles. The van der Waals surface area contributed by atoms with Crippen molar-refractivity contribution in [2.75, 3.05) is 44.2 Å². The number of anilines is 1. The van der Waals surface area contributed by atoms with Crippen molar-refractivity contribution in [2.45, 2.75) is 30.7 Å². The molecule has 184 valence electrons. The van der Waals surface area contributed by atoms with Gasteiger partial charge in [0.05, 0.1) is 15.4 Å². The van der Waals surface area contributed by atoms with Gasteiger partial charge in [-0.2, -0.15) is 4.31 Å². The van der Waals surface area contributed by atoms with Gasteiger partial charge in [0, 0.05) is 55.9 Å². The molecule has 9 heteroatoms. The Morgan fingerprint density at radius 3 is 2.40 bits per heavy atom. The van der Waals surface area contributed by atoms with E-state index in [4.69, 9.17) is 0 Å². The van der Waals surface area contributed by atoms with E-state index in [-0.39, 0.29) is 10.6 Å². The van der Waals surface area contributed by atoms with Crippen LogP contribution in [0.5, 0.6) is 0 Å². The molecule has 0 atom stereocenters. The molecule has 1 fully saturated rings. The molecule has 0 saturated carbocycles. The predicted octanol–water partition coefficient (Wildman–Crippen LogP) is 4.20. The van der Waals surface area contributed by atoms with Crippen LogP contribution in [0.3, 0.4) is 0 Å². The third-order valence-corrected chi connectivity index (χ3v) is 9.45. The quantitative estimate of drug-likeness (QED) is 0.377. The van der Waals surface area contributed by atoms with Crippen molar-refractivity contribution in [1.29, 1.82) is 0 Å². The number of nitro groups is 1. The van der Waals surface area contributed by atoms with Gasteiger partial charge >= 0.3 is 0 Å². The highest BCUT2D eigenvalue weighted by Gasteiger charge is 2.48. The van der Waals surface area contributed by atoms with Gasteiger partial charge in [0.1, 0.15) is 0 Å². The van der Waals surface area contributed by atoms with E-state index in [0.29, 0.717) is 18.5 Å². The minimum Gasteiger partial charge on any atom is -0.368 e. The van der Waals surface area contributed by atoms with Gasteiger partial charge < -0.3 is 4.90 Å². The maximum atomic E-state index is 13.2. The average molecular weight is 495 g/mol. The molecule has 0 aliphatic carbocycles. The number of hydrogen-bond donors (Lipinski definition) is 0. The Hall–Kier alpha value is -3.01. The molecule has 0 aromatic heterocycles. The molecular formula is C26H30N4O4S. The molecular weight excluding hydrogens is 464 g/mol. The van der Waals surface area contributed by atoms with Gasteiger partial charge in [-0.15, -0.1) is 0 Å². The Labute approximate surface area is 206 Å². The van der Waals surface area contributed by atoms with Crippen molar-refractivity contribution in [1.82, 2.24) is 9.21 Å². The molecule has 3 aromatic rings. The van der Waals surface area contributed by atoms with Crippen LogP contribution in [0.1, 0.15) is 25.8 Å². The fraction of sp³-hybridized carbons (Fsp3) is 0.385. The Kier molecular flexibility index (Phi) is 6.03. The van der Waals surface area contributed by atoms with Crippen molar-refractivity contribution in [3.8, 4) is 0 Å². The largest absolute Gasteiger partial charge is 0.368 e. The number of benzene rings is 3. The first kappa shape index (κ1) is 23.7. The third-order valence-electron chi connectivity index (χ3n) is 7.34. The van der Waals surface area contributed by atoms with E-state index >= 15 is 0 Å². The summed E-state index contributed by atoms with van der Waals surface area (Å²) < 4.78 is 28.0. The van der Waals surface area contributed by atoms with E-state index in [0.717, 1.165) is 32.7 Å². The second-order valence-corrected chi connectivity index (χ2v) is 11.6. The van der Waals surface area contributed by atoms with Crippen LogP contribution >= 0.6 is 0 Å². The van der Waals surface area contributed by atoms with Crippen molar-refractivity contribution in [3.63, 3.8) is 0 Å². The number of fused-ring (bicyclic) bond motifs is 2. The lowest BCUT2D eigenvalue weighted by atomic mass is 9.94. The number of non-ortho nitro benzene ring substituents is 1. The monoisotopic (exact) mass is 494 g/mol. The van der Waals surface area contributed by atoms with E-state index < -0.39 is 20.5 Å². The number of nitro benzene ring substituents is 1. The molecule has 8 nitrogen and oxygen atoms in total. The number of nitrogens with zero attached hydrogens (tertiary/aromatic N) is 4. The van der Waals surface area contributed by atoms with Gasteiger partial charge in [0.2, 0.25) is 10.0 Å². The second-order valence-electron chi connectivity index (χ2n) is 9.75. The molecule has 0 unspecified atom stereocenters. The highest BCUT2D eigenvalue weighted by molar-refractivity contribution is 7.89. The van der Waals surface area contributed by atoms with Crippen molar-refractivity contribution in [3.05, 3.63) is 76.3 Å². The maximum Gasteiger partial charge on any atom is 0.270 e. The summed E-state index contributed by atoms with van der Waals surface area (Å²) in [6, 6.07) is 19.0. The first-order valence-electron chi connectivity index (χ1n) is 12.0. The standard InChI is InChI=1S/C26H30N4O4S/c1-26(2)23-12-11-21(30(31)32)19-25(23)35(33,34)29(26)14-6-13-27-15-17-28(18-16-27)24-10-5-8-20-7-3-4-9-22(20)24/h3-5,7-12,19H,6,13-18H2,1-2H3. The third kappa shape index (κ3) is 4.17. The minimum absolute atomic E-state index is 0.0559. The van der Waals surface area contributed by atoms with Gasteiger partial charge in [-0.3, -0.25) is 15.0 Å². The van der Waals surface area contributed by atoms with Crippen molar-refractivity contribution < 1.29 is 13.3 Å². The lowest BCUT2D eigenvalue weighted by Gasteiger charge is -2.37. The predicted molar refractivity (Wildman–Crippen MR) is 137 cm³/mol. The average Bonchev–Trinajstić information content (AvgIpc) is 3.00. The van der Waals surface area contributed by atoms with Gasteiger partial charge in [0.25, 0.3) is 5.69 Å². The van der Waals surface area contributed by atoms with Crippen LogP contribution in [0.4, 0.5) is 11.4 Å². The maximum absolute atomic E-state index is 13.2. The molecule has 2 aliphatic rings. The molecule has 5 rings (SSSR count). The topological polar surface area (TPSA) is 87.0 Å². The van der Waals surface area contributed by atoms with Crippen molar-refractivity contribution >= 4 is 32.2 Å². The summed E-state index contributed by atoms with van der Waals surface area (Å²) in [6.07, 6.45) is 0.701. The SMILES string of the molecule is CC1(C)c2ccc([N+](=O)[O-])cc2S(=O)(=O)N1CCCN1CCN(c2cccc3ccccc23)CC1. The zero-order valence-electron chi connectivity index (χ0n) is 20.1. The number of piperazine rings is 1. The van der Waals surface area contributed by atoms with Crippen LogP contribution < -0.4 is 4.90 Å². The molecule has 35 heavy (non-hydrogen) atoms. The van der Waals surface area contributed by atoms with Crippen LogP contribution in [-0.2, 0) is 15.6 Å². The Morgan fingerprint density at radius 2 is 1.66 bits per heavy atom. The van der Waals surface area contributed by atoms with E-state index in [1.807, 2.05) is 13.8 Å². The molecule has 0 amide bonds. The highest BCUT2D eigenvalue weighted by atomic mass is 32.2. The lowest BCUT2D eigenvalue weighted by molar-refractivity contribution is -0.385. The summed E-state index contributed by atoms with van der Waals surface area (Å²) in [7, 11) is -3.78. The smallest absolute Gasteiger partial charge is 0.270 e. The summed E-state index contributed by atoms with van der Waals surface area (Å²) in [4.78, 5) is 15.5. The van der Waals surface area contributed by atoms with Gasteiger partial charge in [-0.25, -0.2) is 8.42 Å². The van der Waals surface area contributed by atoms with Crippen molar-refractivity contribution in [2.24, 2.45) is 0 Å². The summed E-state index contributed by atoms with van der Waals surface area (Å²) >= 11 is 0. The molecule has 0 bridgehead atoms. The molecule has 0 spiro atoms. The first-order chi connectivity index (χ1) is 16.7. The zero-order chi connectivity index (χ0) is 24.8. The lowest BCUT2D eigenvalue weighted by Crippen LogP contribution is -2.47. The fourth-order valence-electron chi connectivity index (χ4n) is 5.43. The fourth-order valence-corrected chi connectivity index (χ4v) is 7.60. The Morgan fingerprint density at radius 1 is 0.943 bits per heavy atom. The molecule has 0 radical (unpaired) electrons. The van der Waals surface area contributed by atoms with E-state index in [9.17, 15) is 18.5 Å². The molecule has 3 aromatic carbocycles. The second kappa shape index (κ2) is 8.89. The normalized spacial score (nSPS) is 19.7.